The molecule has 2 aliphatic rings. The minimum Gasteiger partial charge on any atom is -0.396 e. The number of hydrogen-bond donors (Lipinski definition) is 3. The van der Waals surface area contributed by atoms with Gasteiger partial charge in [-0.1, -0.05) is 18.2 Å². The van der Waals surface area contributed by atoms with E-state index >= 15 is 0 Å². The smallest absolute Gasteiger partial charge is 0.191 e. The summed E-state index contributed by atoms with van der Waals surface area (Å²) in [5, 5.41) is 16.0. The normalized spacial score (nSPS) is 28.8. The van der Waals surface area contributed by atoms with Crippen molar-refractivity contribution in [3.8, 4) is 0 Å². The van der Waals surface area contributed by atoms with Crippen LogP contribution >= 0.6 is 0 Å². The predicted octanol–water partition coefficient (Wildman–Crippen LogP) is 2.03. The molecule has 6 heteroatoms. The SMILES string of the molecule is CCNC(=NCC1(CCO)CCOC1)NC1CC1c1ccccc1F. The molecule has 25 heavy (non-hydrogen) atoms. The number of hydrogen-bond acceptors (Lipinski definition) is 3. The number of rotatable bonds is 7. The first-order valence-electron chi connectivity index (χ1n) is 9.15. The number of halogens is 1. The summed E-state index contributed by atoms with van der Waals surface area (Å²) in [5.74, 6) is 0.825. The second kappa shape index (κ2) is 8.15. The number of nitrogens with one attached hydrogen (secondary N) is 2. The van der Waals surface area contributed by atoms with Gasteiger partial charge in [0, 0.05) is 37.1 Å². The molecule has 1 aliphatic heterocycles. The van der Waals surface area contributed by atoms with Crippen molar-refractivity contribution in [2.45, 2.75) is 38.1 Å². The number of guanidine groups is 1. The Morgan fingerprint density at radius 3 is 2.96 bits per heavy atom. The van der Waals surface area contributed by atoms with Gasteiger partial charge in [-0.3, -0.25) is 4.99 Å². The Labute approximate surface area is 148 Å². The Hall–Kier alpha value is -1.66. The van der Waals surface area contributed by atoms with Crippen molar-refractivity contribution in [3.63, 3.8) is 0 Å². The maximum atomic E-state index is 13.9. The van der Waals surface area contributed by atoms with Gasteiger partial charge < -0.3 is 20.5 Å². The zero-order chi connectivity index (χ0) is 17.7. The second-order valence-corrected chi connectivity index (χ2v) is 7.09. The van der Waals surface area contributed by atoms with Gasteiger partial charge in [0.25, 0.3) is 0 Å². The molecule has 1 saturated carbocycles. The number of aliphatic hydroxyl groups excluding tert-OH is 1. The van der Waals surface area contributed by atoms with Gasteiger partial charge in [-0.15, -0.1) is 0 Å². The first-order chi connectivity index (χ1) is 12.2. The molecule has 0 radical (unpaired) electrons. The number of ether oxygens (including phenoxy) is 1. The van der Waals surface area contributed by atoms with Crippen LogP contribution in [0.15, 0.2) is 29.3 Å². The highest BCUT2D eigenvalue weighted by atomic mass is 19.1. The van der Waals surface area contributed by atoms with Gasteiger partial charge in [-0.25, -0.2) is 4.39 Å². The zero-order valence-corrected chi connectivity index (χ0v) is 14.8. The van der Waals surface area contributed by atoms with E-state index in [0.29, 0.717) is 19.6 Å². The molecule has 0 aromatic heterocycles. The summed E-state index contributed by atoms with van der Waals surface area (Å²) in [6, 6.07) is 7.19. The Bertz CT molecular complexity index is 602. The first-order valence-corrected chi connectivity index (χ1v) is 9.15. The number of nitrogens with zero attached hydrogens (tertiary/aromatic N) is 1. The fraction of sp³-hybridized carbons (Fsp3) is 0.632. The highest BCUT2D eigenvalue weighted by Gasteiger charge is 2.41. The lowest BCUT2D eigenvalue weighted by Crippen LogP contribution is -2.40. The van der Waals surface area contributed by atoms with Gasteiger partial charge in [0.15, 0.2) is 5.96 Å². The Kier molecular flexibility index (Phi) is 5.91. The third-order valence-electron chi connectivity index (χ3n) is 5.16. The van der Waals surface area contributed by atoms with E-state index in [2.05, 4.69) is 10.6 Å². The standard InChI is InChI=1S/C19H28FN3O2/c1-2-21-18(22-12-19(7-9-24)8-10-25-13-19)23-17-11-15(17)14-5-3-4-6-16(14)20/h3-6,15,17,24H,2,7-13H2,1H3,(H2,21,22,23). The molecular formula is C19H28FN3O2. The van der Waals surface area contributed by atoms with Crippen LogP contribution in [0.3, 0.4) is 0 Å². The van der Waals surface area contributed by atoms with Crippen molar-refractivity contribution in [3.05, 3.63) is 35.6 Å². The van der Waals surface area contributed by atoms with E-state index < -0.39 is 0 Å². The van der Waals surface area contributed by atoms with Crippen LogP contribution in [-0.4, -0.2) is 50.0 Å². The van der Waals surface area contributed by atoms with Crippen LogP contribution in [0.1, 0.15) is 37.7 Å². The minimum atomic E-state index is -0.135. The lowest BCUT2D eigenvalue weighted by Gasteiger charge is -2.25. The average molecular weight is 349 g/mol. The van der Waals surface area contributed by atoms with E-state index in [1.807, 2.05) is 19.1 Å². The number of benzene rings is 1. The van der Waals surface area contributed by atoms with Crippen molar-refractivity contribution >= 4 is 5.96 Å². The van der Waals surface area contributed by atoms with E-state index in [4.69, 9.17) is 9.73 Å². The van der Waals surface area contributed by atoms with Crippen LogP contribution in [0, 0.1) is 11.2 Å². The van der Waals surface area contributed by atoms with Gasteiger partial charge in [-0.05, 0) is 37.8 Å². The molecule has 0 amide bonds. The highest BCUT2D eigenvalue weighted by molar-refractivity contribution is 5.80. The Morgan fingerprint density at radius 1 is 1.44 bits per heavy atom. The van der Waals surface area contributed by atoms with Gasteiger partial charge in [0.1, 0.15) is 5.82 Å². The van der Waals surface area contributed by atoms with E-state index in [-0.39, 0.29) is 29.8 Å². The molecule has 0 spiro atoms. The third-order valence-corrected chi connectivity index (χ3v) is 5.16. The molecule has 3 N–H and O–H groups in total. The quantitative estimate of drug-likeness (QED) is 0.521. The third kappa shape index (κ3) is 4.50. The van der Waals surface area contributed by atoms with E-state index in [1.54, 1.807) is 6.07 Å². The molecular weight excluding hydrogens is 321 g/mol. The summed E-state index contributed by atoms with van der Waals surface area (Å²) in [6.07, 6.45) is 2.55. The zero-order valence-electron chi connectivity index (χ0n) is 14.8. The molecule has 3 rings (SSSR count). The molecule has 1 aromatic rings. The van der Waals surface area contributed by atoms with Crippen molar-refractivity contribution in [1.82, 2.24) is 10.6 Å². The Morgan fingerprint density at radius 2 is 2.28 bits per heavy atom. The van der Waals surface area contributed by atoms with Gasteiger partial charge in [-0.2, -0.15) is 0 Å². The summed E-state index contributed by atoms with van der Waals surface area (Å²) in [6.45, 7) is 4.96. The van der Waals surface area contributed by atoms with Crippen LogP contribution < -0.4 is 10.6 Å². The van der Waals surface area contributed by atoms with Crippen molar-refractivity contribution in [2.24, 2.45) is 10.4 Å². The minimum absolute atomic E-state index is 0.0639. The molecule has 0 bridgehead atoms. The Balaban J connectivity index is 1.61. The van der Waals surface area contributed by atoms with Crippen molar-refractivity contribution < 1.29 is 14.2 Å². The largest absolute Gasteiger partial charge is 0.396 e. The molecule has 2 fully saturated rings. The van der Waals surface area contributed by atoms with Crippen LogP contribution in [0.4, 0.5) is 4.39 Å². The second-order valence-electron chi connectivity index (χ2n) is 7.09. The lowest BCUT2D eigenvalue weighted by atomic mass is 9.84. The summed E-state index contributed by atoms with van der Waals surface area (Å²) in [4.78, 5) is 4.73. The molecule has 3 unspecified atom stereocenters. The van der Waals surface area contributed by atoms with Crippen LogP contribution in [0.25, 0.3) is 0 Å². The molecule has 5 nitrogen and oxygen atoms in total. The van der Waals surface area contributed by atoms with Gasteiger partial charge in [0.2, 0.25) is 0 Å². The predicted molar refractivity (Wildman–Crippen MR) is 96.2 cm³/mol. The molecule has 138 valence electrons. The molecule has 1 heterocycles. The monoisotopic (exact) mass is 349 g/mol. The lowest BCUT2D eigenvalue weighted by molar-refractivity contribution is 0.131. The fourth-order valence-electron chi connectivity index (χ4n) is 3.50. The average Bonchev–Trinajstić information content (AvgIpc) is 3.20. The van der Waals surface area contributed by atoms with E-state index in [0.717, 1.165) is 37.5 Å². The molecule has 3 atom stereocenters. The summed E-state index contributed by atoms with van der Waals surface area (Å²) in [7, 11) is 0. The maximum absolute atomic E-state index is 13.9. The first kappa shape index (κ1) is 18.1. The van der Waals surface area contributed by atoms with Crippen LogP contribution in [0.5, 0.6) is 0 Å². The molecule has 1 aliphatic carbocycles. The van der Waals surface area contributed by atoms with Gasteiger partial charge in [0.05, 0.1) is 13.2 Å². The van der Waals surface area contributed by atoms with Gasteiger partial charge >= 0.3 is 0 Å². The molecule has 1 saturated heterocycles. The summed E-state index contributed by atoms with van der Waals surface area (Å²) >= 11 is 0. The highest BCUT2D eigenvalue weighted by Crippen LogP contribution is 2.41. The topological polar surface area (TPSA) is 65.9 Å². The van der Waals surface area contributed by atoms with Crippen molar-refractivity contribution in [2.75, 3.05) is 32.9 Å². The fourth-order valence-corrected chi connectivity index (χ4v) is 3.50. The number of aliphatic hydroxyl groups is 1. The van der Waals surface area contributed by atoms with E-state index in [9.17, 15) is 9.50 Å². The van der Waals surface area contributed by atoms with Crippen LogP contribution in [0.2, 0.25) is 0 Å². The van der Waals surface area contributed by atoms with E-state index in [1.165, 1.54) is 6.07 Å². The van der Waals surface area contributed by atoms with Crippen LogP contribution in [-0.2, 0) is 4.74 Å². The summed E-state index contributed by atoms with van der Waals surface area (Å²) in [5.41, 5.74) is 0.711. The summed E-state index contributed by atoms with van der Waals surface area (Å²) < 4.78 is 19.4. The molecule has 1 aromatic carbocycles. The number of aliphatic imine (C=N–C) groups is 1. The maximum Gasteiger partial charge on any atom is 0.191 e. The van der Waals surface area contributed by atoms with Crippen molar-refractivity contribution in [1.29, 1.82) is 0 Å².